The molecule has 0 saturated carbocycles. The average Bonchev–Trinajstić information content (AvgIpc) is 2.98. The van der Waals surface area contributed by atoms with Gasteiger partial charge in [0.05, 0.1) is 16.9 Å². The zero-order valence-electron chi connectivity index (χ0n) is 21.8. The number of carbonyl (C=O) groups excluding carboxylic acids is 1. The summed E-state index contributed by atoms with van der Waals surface area (Å²) in [6.45, 7) is 1.53. The highest BCUT2D eigenvalue weighted by Gasteiger charge is 2.24. The molecule has 0 aliphatic carbocycles. The maximum atomic E-state index is 13.1. The van der Waals surface area contributed by atoms with E-state index in [4.69, 9.17) is 0 Å². The van der Waals surface area contributed by atoms with Crippen molar-refractivity contribution in [1.29, 1.82) is 0 Å². The lowest BCUT2D eigenvalue weighted by atomic mass is 9.98. The molecule has 0 unspecified atom stereocenters. The molecule has 202 valence electrons. The minimum atomic E-state index is -0.998. The first-order valence-corrected chi connectivity index (χ1v) is 13.0. The molecule has 0 radical (unpaired) electrons. The van der Waals surface area contributed by atoms with E-state index in [1.807, 2.05) is 47.4 Å². The van der Waals surface area contributed by atoms with Gasteiger partial charge in [0.15, 0.2) is 0 Å². The fourth-order valence-corrected chi connectivity index (χ4v) is 5.04. The third-order valence-corrected chi connectivity index (χ3v) is 7.07. The van der Waals surface area contributed by atoms with E-state index in [-0.39, 0.29) is 36.0 Å². The normalized spacial score (nSPS) is 12.4. The second-order valence-corrected chi connectivity index (χ2v) is 9.71. The van der Waals surface area contributed by atoms with Crippen LogP contribution in [0.2, 0.25) is 0 Å². The van der Waals surface area contributed by atoms with Crippen LogP contribution in [0.25, 0.3) is 11.1 Å². The molecule has 1 aromatic heterocycles. The molecule has 1 amide bonds. The zero-order valence-corrected chi connectivity index (χ0v) is 21.8. The van der Waals surface area contributed by atoms with Gasteiger partial charge in [-0.1, -0.05) is 48.5 Å². The summed E-state index contributed by atoms with van der Waals surface area (Å²) in [5, 5.41) is 21.3. The molecule has 9 heteroatoms. The molecule has 0 fully saturated rings. The van der Waals surface area contributed by atoms with Gasteiger partial charge >= 0.3 is 5.97 Å². The second kappa shape index (κ2) is 11.8. The highest BCUT2D eigenvalue weighted by atomic mass is 16.6. The molecule has 40 heavy (non-hydrogen) atoms. The Morgan fingerprint density at radius 1 is 0.975 bits per heavy atom. The summed E-state index contributed by atoms with van der Waals surface area (Å²) in [6, 6.07) is 24.2. The molecular weight excluding hydrogens is 508 g/mol. The first-order valence-electron chi connectivity index (χ1n) is 13.0. The van der Waals surface area contributed by atoms with Gasteiger partial charge in [-0.2, -0.15) is 0 Å². The van der Waals surface area contributed by atoms with Crippen molar-refractivity contribution in [1.82, 2.24) is 9.88 Å². The number of anilines is 1. The van der Waals surface area contributed by atoms with Crippen molar-refractivity contribution in [2.75, 3.05) is 18.0 Å². The van der Waals surface area contributed by atoms with Crippen LogP contribution in [0.15, 0.2) is 91.3 Å². The number of hydrogen-bond acceptors (Lipinski definition) is 6. The quantitative estimate of drug-likeness (QED) is 0.227. The Morgan fingerprint density at radius 2 is 1.77 bits per heavy atom. The summed E-state index contributed by atoms with van der Waals surface area (Å²) in [7, 11) is 0. The molecule has 5 rings (SSSR count). The van der Waals surface area contributed by atoms with Gasteiger partial charge in [0.2, 0.25) is 0 Å². The van der Waals surface area contributed by atoms with Gasteiger partial charge in [0, 0.05) is 44.6 Å². The highest BCUT2D eigenvalue weighted by Crippen LogP contribution is 2.36. The summed E-state index contributed by atoms with van der Waals surface area (Å²) in [6.07, 6.45) is 3.65. The Morgan fingerprint density at radius 3 is 2.52 bits per heavy atom. The third kappa shape index (κ3) is 5.99. The van der Waals surface area contributed by atoms with Crippen LogP contribution in [-0.4, -0.2) is 44.9 Å². The van der Waals surface area contributed by atoms with Crippen LogP contribution in [0.4, 0.5) is 11.4 Å². The van der Waals surface area contributed by atoms with Gasteiger partial charge in [0.1, 0.15) is 5.69 Å². The monoisotopic (exact) mass is 536 g/mol. The maximum absolute atomic E-state index is 13.1. The Hall–Kier alpha value is -5.05. The molecule has 0 atom stereocenters. The van der Waals surface area contributed by atoms with E-state index < -0.39 is 5.97 Å². The number of amides is 1. The van der Waals surface area contributed by atoms with Crippen molar-refractivity contribution in [3.8, 4) is 11.1 Å². The average molecular weight is 537 g/mol. The topological polar surface area (TPSA) is 117 Å². The number of nitrogens with zero attached hydrogens (tertiary/aromatic N) is 4. The second-order valence-electron chi connectivity index (χ2n) is 9.71. The van der Waals surface area contributed by atoms with Crippen LogP contribution in [0.5, 0.6) is 0 Å². The first-order chi connectivity index (χ1) is 19.4. The number of aliphatic carboxylic acids is 1. The first kappa shape index (κ1) is 26.6. The molecule has 0 spiro atoms. The number of hydrogen-bond donors (Lipinski definition) is 1. The van der Waals surface area contributed by atoms with E-state index in [1.54, 1.807) is 30.5 Å². The standard InChI is InChI=1S/C31H28N4O5/c36-30(37)13-16-34(31(38)26-9-4-14-32-19-26)20-22-5-3-8-24(17-22)25-10-11-28(29(18-25)35(39)40)33-15-12-23-6-1-2-7-27(23)21-33/h1-11,14,17-19H,12-13,15-16,20-21H2,(H,36,37). The largest absolute Gasteiger partial charge is 0.481 e. The molecule has 0 saturated heterocycles. The predicted octanol–water partition coefficient (Wildman–Crippen LogP) is 5.34. The van der Waals surface area contributed by atoms with E-state index >= 15 is 0 Å². The number of rotatable bonds is 9. The fraction of sp³-hybridized carbons (Fsp3) is 0.194. The molecule has 1 N–H and O–H groups in total. The van der Waals surface area contributed by atoms with Crippen LogP contribution in [0.3, 0.4) is 0 Å². The molecular formula is C31H28N4O5. The molecule has 2 heterocycles. The number of carboxylic acids is 1. The molecule has 1 aliphatic rings. The highest BCUT2D eigenvalue weighted by molar-refractivity contribution is 5.94. The Labute approximate surface area is 231 Å². The predicted molar refractivity (Wildman–Crippen MR) is 151 cm³/mol. The van der Waals surface area contributed by atoms with Crippen LogP contribution in [0.1, 0.15) is 33.5 Å². The molecule has 4 aromatic rings. The lowest BCUT2D eigenvalue weighted by Gasteiger charge is -2.30. The third-order valence-electron chi connectivity index (χ3n) is 7.07. The minimum Gasteiger partial charge on any atom is -0.481 e. The van der Waals surface area contributed by atoms with Gasteiger partial charge in [-0.3, -0.25) is 24.7 Å². The molecule has 9 nitrogen and oxygen atoms in total. The van der Waals surface area contributed by atoms with E-state index in [1.165, 1.54) is 22.2 Å². The van der Waals surface area contributed by atoms with Crippen LogP contribution < -0.4 is 4.90 Å². The molecule has 0 bridgehead atoms. The Bertz CT molecular complexity index is 1560. The van der Waals surface area contributed by atoms with Crippen molar-refractivity contribution < 1.29 is 19.6 Å². The minimum absolute atomic E-state index is 0.0341. The van der Waals surface area contributed by atoms with E-state index in [0.29, 0.717) is 29.9 Å². The van der Waals surface area contributed by atoms with Crippen LogP contribution in [0, 0.1) is 10.1 Å². The number of aromatic nitrogens is 1. The molecule has 3 aromatic carbocycles. The Kier molecular flexibility index (Phi) is 7.82. The van der Waals surface area contributed by atoms with E-state index in [2.05, 4.69) is 17.1 Å². The summed E-state index contributed by atoms with van der Waals surface area (Å²) in [4.78, 5) is 43.6. The number of fused-ring (bicyclic) bond motifs is 1. The zero-order chi connectivity index (χ0) is 28.1. The maximum Gasteiger partial charge on any atom is 0.305 e. The lowest BCUT2D eigenvalue weighted by molar-refractivity contribution is -0.384. The number of nitro groups is 1. The summed E-state index contributed by atoms with van der Waals surface area (Å²) in [5.74, 6) is -1.31. The number of carbonyl (C=O) groups is 2. The summed E-state index contributed by atoms with van der Waals surface area (Å²) >= 11 is 0. The number of nitro benzene ring substituents is 1. The van der Waals surface area contributed by atoms with Gasteiger partial charge in [-0.05, 0) is 58.5 Å². The SMILES string of the molecule is O=C(O)CCN(Cc1cccc(-c2ccc(N3CCc4ccccc4C3)c([N+](=O)[O-])c2)c1)C(=O)c1cccnc1. The van der Waals surface area contributed by atoms with Crippen molar-refractivity contribution in [2.24, 2.45) is 0 Å². The van der Waals surface area contributed by atoms with Gasteiger partial charge < -0.3 is 14.9 Å². The van der Waals surface area contributed by atoms with Crippen molar-refractivity contribution in [2.45, 2.75) is 25.9 Å². The van der Waals surface area contributed by atoms with Gasteiger partial charge in [-0.25, -0.2) is 0 Å². The molecule has 1 aliphatic heterocycles. The van der Waals surface area contributed by atoms with Crippen molar-refractivity contribution in [3.05, 3.63) is 124 Å². The number of pyridine rings is 1. The van der Waals surface area contributed by atoms with Crippen LogP contribution in [-0.2, 0) is 24.3 Å². The van der Waals surface area contributed by atoms with Crippen molar-refractivity contribution in [3.63, 3.8) is 0 Å². The van der Waals surface area contributed by atoms with Crippen LogP contribution >= 0.6 is 0 Å². The Balaban J connectivity index is 1.40. The van der Waals surface area contributed by atoms with E-state index in [0.717, 1.165) is 17.5 Å². The summed E-state index contributed by atoms with van der Waals surface area (Å²) in [5.41, 5.74) is 5.67. The van der Waals surface area contributed by atoms with E-state index in [9.17, 15) is 24.8 Å². The number of carboxylic acid groups (broad SMARTS) is 1. The van der Waals surface area contributed by atoms with Crippen molar-refractivity contribution >= 4 is 23.3 Å². The fourth-order valence-electron chi connectivity index (χ4n) is 5.04. The van der Waals surface area contributed by atoms with Gasteiger partial charge in [-0.15, -0.1) is 0 Å². The number of benzene rings is 3. The summed E-state index contributed by atoms with van der Waals surface area (Å²) < 4.78 is 0. The lowest BCUT2D eigenvalue weighted by Crippen LogP contribution is -2.32. The van der Waals surface area contributed by atoms with Gasteiger partial charge in [0.25, 0.3) is 11.6 Å². The smallest absolute Gasteiger partial charge is 0.305 e.